The molecule has 0 bridgehead atoms. The molecule has 1 aromatic heterocycles. The van der Waals surface area contributed by atoms with E-state index < -0.39 is 5.41 Å². The summed E-state index contributed by atoms with van der Waals surface area (Å²) in [6.45, 7) is 0. The third kappa shape index (κ3) is 4.14. The van der Waals surface area contributed by atoms with E-state index >= 15 is 0 Å². The lowest BCUT2D eigenvalue weighted by Gasteiger charge is -2.32. The van der Waals surface area contributed by atoms with Crippen LogP contribution >= 0.6 is 0 Å². The molecule has 0 amide bonds. The number of hydrogen-bond donors (Lipinski definition) is 0. The van der Waals surface area contributed by atoms with Gasteiger partial charge in [0, 0.05) is 22.1 Å². The molecule has 10 aromatic rings. The number of aromatic nitrogens is 2. The van der Waals surface area contributed by atoms with Crippen molar-refractivity contribution in [3.8, 4) is 56.2 Å². The summed E-state index contributed by atoms with van der Waals surface area (Å²) in [7, 11) is 0. The molecule has 0 N–H and O–H groups in total. The fraction of sp³-hybridized carbons (Fsp3) is 0.0189. The van der Waals surface area contributed by atoms with Crippen molar-refractivity contribution in [1.29, 1.82) is 0 Å². The molecular formula is C53H32N2. The van der Waals surface area contributed by atoms with Gasteiger partial charge in [-0.3, -0.25) is 0 Å². The average molecular weight is 697 g/mol. The van der Waals surface area contributed by atoms with Crippen LogP contribution in [0.4, 0.5) is 0 Å². The molecule has 0 radical (unpaired) electrons. The van der Waals surface area contributed by atoms with Crippen LogP contribution in [-0.2, 0) is 5.41 Å². The highest BCUT2D eigenvalue weighted by Crippen LogP contribution is 2.64. The highest BCUT2D eigenvalue weighted by Gasteiger charge is 2.52. The molecule has 0 saturated carbocycles. The lowest BCUT2D eigenvalue weighted by Crippen LogP contribution is -2.26. The molecule has 12 rings (SSSR count). The summed E-state index contributed by atoms with van der Waals surface area (Å²) in [5.41, 5.74) is 14.9. The first-order chi connectivity index (χ1) is 27.3. The van der Waals surface area contributed by atoms with E-state index in [-0.39, 0.29) is 0 Å². The van der Waals surface area contributed by atoms with Crippen molar-refractivity contribution in [2.75, 3.05) is 0 Å². The zero-order valence-electron chi connectivity index (χ0n) is 29.9. The van der Waals surface area contributed by atoms with Crippen LogP contribution in [0.1, 0.15) is 22.3 Å². The monoisotopic (exact) mass is 696 g/mol. The Morgan fingerprint density at radius 2 is 0.873 bits per heavy atom. The number of fused-ring (bicyclic) bond motifs is 14. The predicted octanol–water partition coefficient (Wildman–Crippen LogP) is 13.3. The lowest BCUT2D eigenvalue weighted by molar-refractivity contribution is 0.795. The molecule has 0 unspecified atom stereocenters. The summed E-state index contributed by atoms with van der Waals surface area (Å²) in [4.78, 5) is 11.2. The molecule has 1 spiro atoms. The second-order valence-corrected chi connectivity index (χ2v) is 14.8. The molecule has 254 valence electrons. The Kier molecular flexibility index (Phi) is 6.29. The Labute approximate surface area is 319 Å². The van der Waals surface area contributed by atoms with Gasteiger partial charge in [0.2, 0.25) is 0 Å². The molecule has 2 heteroatoms. The van der Waals surface area contributed by atoms with E-state index in [2.05, 4.69) is 194 Å². The summed E-state index contributed by atoms with van der Waals surface area (Å²) in [5.74, 6) is 0.726. The molecule has 55 heavy (non-hydrogen) atoms. The SMILES string of the molecule is c1ccc(-c2cc(-c3cccc4c3C3(c5ccccc5-c5ccccc53)c3ccccc3-4)nc(-c3c4ccccc4cc4ccc5ccccc5c34)n2)cc1. The van der Waals surface area contributed by atoms with Gasteiger partial charge in [-0.15, -0.1) is 0 Å². The van der Waals surface area contributed by atoms with Crippen LogP contribution in [0.3, 0.4) is 0 Å². The Bertz CT molecular complexity index is 3150. The first-order valence-electron chi connectivity index (χ1n) is 19.0. The average Bonchev–Trinajstić information content (AvgIpc) is 3.73. The number of hydrogen-bond acceptors (Lipinski definition) is 2. The zero-order valence-corrected chi connectivity index (χ0v) is 29.9. The van der Waals surface area contributed by atoms with Gasteiger partial charge in [0.1, 0.15) is 0 Å². The van der Waals surface area contributed by atoms with Crippen LogP contribution in [0.2, 0.25) is 0 Å². The quantitative estimate of drug-likeness (QED) is 0.136. The van der Waals surface area contributed by atoms with Crippen molar-refractivity contribution in [3.05, 3.63) is 216 Å². The van der Waals surface area contributed by atoms with E-state index in [4.69, 9.17) is 9.97 Å². The van der Waals surface area contributed by atoms with E-state index in [1.165, 1.54) is 71.4 Å². The van der Waals surface area contributed by atoms with Crippen LogP contribution in [-0.4, -0.2) is 9.97 Å². The lowest BCUT2D eigenvalue weighted by atomic mass is 9.69. The van der Waals surface area contributed by atoms with E-state index in [1.807, 2.05) is 0 Å². The Balaban J connectivity index is 1.23. The topological polar surface area (TPSA) is 25.8 Å². The van der Waals surface area contributed by atoms with Gasteiger partial charge in [-0.1, -0.05) is 182 Å². The molecule has 0 saturated heterocycles. The van der Waals surface area contributed by atoms with Gasteiger partial charge < -0.3 is 0 Å². The molecule has 2 nitrogen and oxygen atoms in total. The van der Waals surface area contributed by atoms with Gasteiger partial charge in [-0.2, -0.15) is 0 Å². The second-order valence-electron chi connectivity index (χ2n) is 14.8. The first kappa shape index (κ1) is 30.3. The van der Waals surface area contributed by atoms with E-state index in [0.717, 1.165) is 39.3 Å². The molecule has 9 aromatic carbocycles. The maximum Gasteiger partial charge on any atom is 0.161 e. The first-order valence-corrected chi connectivity index (χ1v) is 19.0. The Morgan fingerprint density at radius 1 is 0.345 bits per heavy atom. The zero-order chi connectivity index (χ0) is 36.1. The summed E-state index contributed by atoms with van der Waals surface area (Å²) in [6.07, 6.45) is 0. The summed E-state index contributed by atoms with van der Waals surface area (Å²) in [5, 5.41) is 7.06. The van der Waals surface area contributed by atoms with Gasteiger partial charge in [-0.25, -0.2) is 9.97 Å². The minimum Gasteiger partial charge on any atom is -0.228 e. The maximum atomic E-state index is 5.70. The molecule has 2 aliphatic carbocycles. The molecule has 1 heterocycles. The second kappa shape index (κ2) is 11.4. The van der Waals surface area contributed by atoms with Crippen molar-refractivity contribution >= 4 is 32.3 Å². The van der Waals surface area contributed by atoms with Gasteiger partial charge in [0.25, 0.3) is 0 Å². The van der Waals surface area contributed by atoms with Crippen LogP contribution in [0.5, 0.6) is 0 Å². The van der Waals surface area contributed by atoms with Crippen LogP contribution < -0.4 is 0 Å². The van der Waals surface area contributed by atoms with E-state index in [9.17, 15) is 0 Å². The molecule has 0 fully saturated rings. The number of benzene rings is 9. The molecular weight excluding hydrogens is 665 g/mol. The minimum atomic E-state index is -0.504. The third-order valence-electron chi connectivity index (χ3n) is 12.1. The number of rotatable bonds is 3. The van der Waals surface area contributed by atoms with Crippen molar-refractivity contribution in [1.82, 2.24) is 9.97 Å². The standard InChI is InChI=1S/C53H32N2/c1-2-16-34(17-3-1)47-32-48(55-52(54-47)50-38-20-7-5-18-35(38)31-36-30-29-33-15-4-6-19-37(33)49(36)50)43-25-14-24-42-41-23-10-13-28-46(41)53(51(42)43)44-26-11-8-21-39(44)40-22-9-12-27-45(40)53/h1-32H. The maximum absolute atomic E-state index is 5.70. The highest BCUT2D eigenvalue weighted by atomic mass is 14.9. The normalized spacial score (nSPS) is 13.2. The fourth-order valence-electron chi connectivity index (χ4n) is 9.89. The summed E-state index contributed by atoms with van der Waals surface area (Å²) in [6, 6.07) is 70.7. The van der Waals surface area contributed by atoms with Gasteiger partial charge in [0.05, 0.1) is 16.8 Å². The van der Waals surface area contributed by atoms with Crippen molar-refractivity contribution in [3.63, 3.8) is 0 Å². The van der Waals surface area contributed by atoms with Crippen LogP contribution in [0.15, 0.2) is 194 Å². The fourth-order valence-corrected chi connectivity index (χ4v) is 9.89. The van der Waals surface area contributed by atoms with E-state index in [1.54, 1.807) is 0 Å². The Morgan fingerprint density at radius 3 is 1.60 bits per heavy atom. The predicted molar refractivity (Wildman–Crippen MR) is 227 cm³/mol. The largest absolute Gasteiger partial charge is 0.228 e. The highest BCUT2D eigenvalue weighted by molar-refractivity contribution is 6.21. The van der Waals surface area contributed by atoms with E-state index in [0.29, 0.717) is 0 Å². The molecule has 0 aliphatic heterocycles. The molecule has 0 atom stereocenters. The summed E-state index contributed by atoms with van der Waals surface area (Å²) < 4.78 is 0. The smallest absolute Gasteiger partial charge is 0.161 e. The third-order valence-corrected chi connectivity index (χ3v) is 12.1. The van der Waals surface area contributed by atoms with Crippen molar-refractivity contribution in [2.24, 2.45) is 0 Å². The van der Waals surface area contributed by atoms with Crippen molar-refractivity contribution < 1.29 is 0 Å². The molecule has 2 aliphatic rings. The van der Waals surface area contributed by atoms with Gasteiger partial charge in [-0.05, 0) is 83.6 Å². The van der Waals surface area contributed by atoms with Crippen LogP contribution in [0, 0.1) is 0 Å². The summed E-state index contributed by atoms with van der Waals surface area (Å²) >= 11 is 0. The Hall–Kier alpha value is -7.16. The van der Waals surface area contributed by atoms with Crippen LogP contribution in [0.25, 0.3) is 88.5 Å². The van der Waals surface area contributed by atoms with Gasteiger partial charge >= 0.3 is 0 Å². The number of nitrogens with zero attached hydrogens (tertiary/aromatic N) is 2. The minimum absolute atomic E-state index is 0.504. The van der Waals surface area contributed by atoms with Crippen molar-refractivity contribution in [2.45, 2.75) is 5.41 Å². The van der Waals surface area contributed by atoms with Gasteiger partial charge in [0.15, 0.2) is 5.82 Å².